The number of aliphatic hydroxyl groups excluding tert-OH is 1. The van der Waals surface area contributed by atoms with Crippen LogP contribution in [-0.4, -0.2) is 33.1 Å². The van der Waals surface area contributed by atoms with Crippen LogP contribution < -0.4 is 5.73 Å². The minimum absolute atomic E-state index is 0.317. The van der Waals surface area contributed by atoms with Crippen LogP contribution in [0.3, 0.4) is 0 Å². The lowest BCUT2D eigenvalue weighted by Gasteiger charge is -2.34. The van der Waals surface area contributed by atoms with Gasteiger partial charge in [0.2, 0.25) is 0 Å². The quantitative estimate of drug-likeness (QED) is 0.643. The highest BCUT2D eigenvalue weighted by molar-refractivity contribution is 6.22. The molecular formula is C13H16ClN3O. The summed E-state index contributed by atoms with van der Waals surface area (Å²) in [6.07, 6.45) is 6.55. The van der Waals surface area contributed by atoms with Gasteiger partial charge >= 0.3 is 0 Å². The molecule has 5 heteroatoms. The fourth-order valence-corrected chi connectivity index (χ4v) is 2.22. The average Bonchev–Trinajstić information content (AvgIpc) is 2.35. The maximum atomic E-state index is 9.57. The molecule has 0 bridgehead atoms. The molecule has 0 fully saturated rings. The normalized spacial score (nSPS) is 21.3. The Hall–Kier alpha value is -1.52. The Morgan fingerprint density at radius 3 is 3.00 bits per heavy atom. The summed E-state index contributed by atoms with van der Waals surface area (Å²) in [6.45, 7) is 2.14. The van der Waals surface area contributed by atoms with Crippen LogP contribution in [0.5, 0.6) is 0 Å². The molecule has 1 aliphatic heterocycles. The maximum absolute atomic E-state index is 9.57. The van der Waals surface area contributed by atoms with Gasteiger partial charge in [-0.25, -0.2) is 0 Å². The van der Waals surface area contributed by atoms with Crippen molar-refractivity contribution in [2.24, 2.45) is 5.73 Å². The molecule has 18 heavy (non-hydrogen) atoms. The van der Waals surface area contributed by atoms with Crippen molar-refractivity contribution in [2.45, 2.75) is 18.5 Å². The molecule has 2 heterocycles. The van der Waals surface area contributed by atoms with E-state index in [1.54, 1.807) is 31.5 Å². The number of nitrogens with zero attached hydrogens (tertiary/aromatic N) is 2. The average molecular weight is 266 g/mol. The van der Waals surface area contributed by atoms with Crippen LogP contribution >= 0.6 is 11.6 Å². The second kappa shape index (κ2) is 5.42. The topological polar surface area (TPSA) is 62.4 Å². The van der Waals surface area contributed by atoms with Crippen molar-refractivity contribution in [2.75, 3.05) is 6.54 Å². The number of β-amino-alcohol motifs (C(OH)–C–C–N with tert-alkyl or cyclic N) is 1. The molecule has 2 atom stereocenters. The molecule has 0 saturated carbocycles. The summed E-state index contributed by atoms with van der Waals surface area (Å²) in [4.78, 5) is 5.96. The first-order valence-corrected chi connectivity index (χ1v) is 6.20. The molecule has 0 amide bonds. The van der Waals surface area contributed by atoms with Crippen molar-refractivity contribution in [3.8, 4) is 0 Å². The monoisotopic (exact) mass is 265 g/mol. The summed E-state index contributed by atoms with van der Waals surface area (Å²) in [5.41, 5.74) is 8.04. The fourth-order valence-electron chi connectivity index (χ4n) is 1.97. The number of aromatic nitrogens is 1. The zero-order valence-corrected chi connectivity index (χ0v) is 10.9. The van der Waals surface area contributed by atoms with Crippen LogP contribution in [0.2, 0.25) is 0 Å². The molecule has 0 aromatic carbocycles. The zero-order chi connectivity index (χ0) is 13.1. The maximum Gasteiger partial charge on any atom is 0.123 e. The number of rotatable bonds is 3. The third-order valence-corrected chi connectivity index (χ3v) is 3.07. The zero-order valence-electron chi connectivity index (χ0n) is 10.1. The molecule has 96 valence electrons. The second-order valence-electron chi connectivity index (χ2n) is 4.28. The first kappa shape index (κ1) is 12.9. The van der Waals surface area contributed by atoms with Crippen molar-refractivity contribution in [1.29, 1.82) is 0 Å². The van der Waals surface area contributed by atoms with E-state index in [4.69, 9.17) is 17.3 Å². The second-order valence-corrected chi connectivity index (χ2v) is 4.73. The third kappa shape index (κ3) is 2.66. The summed E-state index contributed by atoms with van der Waals surface area (Å²) in [6, 6.07) is 3.77. The lowest BCUT2D eigenvalue weighted by Crippen LogP contribution is -2.37. The van der Waals surface area contributed by atoms with Gasteiger partial charge in [0.05, 0.1) is 17.5 Å². The molecule has 1 aromatic rings. The van der Waals surface area contributed by atoms with Gasteiger partial charge in [0.15, 0.2) is 0 Å². The molecule has 3 N–H and O–H groups in total. The predicted molar refractivity (Wildman–Crippen MR) is 72.5 cm³/mol. The van der Waals surface area contributed by atoms with Gasteiger partial charge < -0.3 is 15.7 Å². The Kier molecular flexibility index (Phi) is 3.89. The summed E-state index contributed by atoms with van der Waals surface area (Å²) < 4.78 is 0. The molecule has 1 unspecified atom stereocenters. The first-order chi connectivity index (χ1) is 8.59. The fraction of sp³-hybridized carbons (Fsp3) is 0.308. The molecule has 1 aromatic heterocycles. The number of hydrogen-bond acceptors (Lipinski definition) is 4. The SMILES string of the molecule is CC(O)CN1C(c2cccnc2)=C(N)C=C[C@H]1Cl. The number of nitrogens with two attached hydrogens (primary N) is 1. The molecule has 2 rings (SSSR count). The van der Waals surface area contributed by atoms with E-state index in [-0.39, 0.29) is 5.50 Å². The predicted octanol–water partition coefficient (Wildman–Crippen LogP) is 1.53. The van der Waals surface area contributed by atoms with Crippen LogP contribution in [0.25, 0.3) is 5.70 Å². The van der Waals surface area contributed by atoms with Crippen LogP contribution in [0, 0.1) is 0 Å². The van der Waals surface area contributed by atoms with Crippen molar-refractivity contribution in [3.05, 3.63) is 47.9 Å². The van der Waals surface area contributed by atoms with E-state index in [1.807, 2.05) is 17.0 Å². The highest BCUT2D eigenvalue weighted by Gasteiger charge is 2.24. The van der Waals surface area contributed by atoms with E-state index in [0.29, 0.717) is 12.2 Å². The highest BCUT2D eigenvalue weighted by atomic mass is 35.5. The van der Waals surface area contributed by atoms with Crippen molar-refractivity contribution >= 4 is 17.3 Å². The van der Waals surface area contributed by atoms with Gasteiger partial charge in [-0.1, -0.05) is 11.6 Å². The van der Waals surface area contributed by atoms with Crippen molar-refractivity contribution in [3.63, 3.8) is 0 Å². The number of pyridine rings is 1. The van der Waals surface area contributed by atoms with Crippen molar-refractivity contribution < 1.29 is 5.11 Å². The van der Waals surface area contributed by atoms with Gasteiger partial charge in [-0.2, -0.15) is 0 Å². The van der Waals surface area contributed by atoms with Crippen molar-refractivity contribution in [1.82, 2.24) is 9.88 Å². The molecular weight excluding hydrogens is 250 g/mol. The number of allylic oxidation sites excluding steroid dienone is 1. The van der Waals surface area contributed by atoms with Gasteiger partial charge in [0, 0.05) is 24.5 Å². The van der Waals surface area contributed by atoms with E-state index in [1.165, 1.54) is 0 Å². The van der Waals surface area contributed by atoms with Crippen LogP contribution in [-0.2, 0) is 0 Å². The minimum atomic E-state index is -0.489. The number of halogens is 1. The number of hydrogen-bond donors (Lipinski definition) is 2. The standard InChI is InChI=1S/C13H16ClN3O/c1-9(18)8-17-12(14)5-4-11(15)13(17)10-3-2-6-16-7-10/h2-7,9,12,18H,8,15H2,1H3/t9?,12-/m0/s1. The minimum Gasteiger partial charge on any atom is -0.397 e. The highest BCUT2D eigenvalue weighted by Crippen LogP contribution is 2.29. The van der Waals surface area contributed by atoms with Crippen LogP contribution in [0.1, 0.15) is 12.5 Å². The van der Waals surface area contributed by atoms with Gasteiger partial charge in [0.25, 0.3) is 0 Å². The van der Waals surface area contributed by atoms with E-state index >= 15 is 0 Å². The molecule has 0 radical (unpaired) electrons. The lowest BCUT2D eigenvalue weighted by atomic mass is 10.1. The third-order valence-electron chi connectivity index (χ3n) is 2.69. The summed E-state index contributed by atoms with van der Waals surface area (Å²) in [7, 11) is 0. The molecule has 1 aliphatic rings. The Morgan fingerprint density at radius 2 is 2.39 bits per heavy atom. The molecule has 0 saturated heterocycles. The molecule has 0 spiro atoms. The first-order valence-electron chi connectivity index (χ1n) is 5.76. The molecule has 4 nitrogen and oxygen atoms in total. The summed E-state index contributed by atoms with van der Waals surface area (Å²) in [5, 5.41) is 9.57. The Bertz CT molecular complexity index is 470. The summed E-state index contributed by atoms with van der Waals surface area (Å²) >= 11 is 6.25. The van der Waals surface area contributed by atoms with Crippen LogP contribution in [0.4, 0.5) is 0 Å². The Morgan fingerprint density at radius 1 is 1.61 bits per heavy atom. The molecule has 0 aliphatic carbocycles. The van der Waals surface area contributed by atoms with E-state index in [2.05, 4.69) is 4.98 Å². The van der Waals surface area contributed by atoms with Gasteiger partial charge in [-0.3, -0.25) is 4.98 Å². The van der Waals surface area contributed by atoms with Gasteiger partial charge in [0.1, 0.15) is 5.50 Å². The van der Waals surface area contributed by atoms with Crippen LogP contribution in [0.15, 0.2) is 42.4 Å². The van der Waals surface area contributed by atoms with E-state index < -0.39 is 6.10 Å². The number of aliphatic hydroxyl groups is 1. The number of alkyl halides is 1. The smallest absolute Gasteiger partial charge is 0.123 e. The largest absolute Gasteiger partial charge is 0.397 e. The Labute approximate surface area is 111 Å². The van der Waals surface area contributed by atoms with Gasteiger partial charge in [-0.05, 0) is 31.2 Å². The van der Waals surface area contributed by atoms with Gasteiger partial charge in [-0.15, -0.1) is 0 Å². The van der Waals surface area contributed by atoms with E-state index in [0.717, 1.165) is 11.3 Å². The van der Waals surface area contributed by atoms with E-state index in [9.17, 15) is 5.11 Å². The Balaban J connectivity index is 2.41. The lowest BCUT2D eigenvalue weighted by molar-refractivity contribution is 0.155. The summed E-state index contributed by atoms with van der Waals surface area (Å²) in [5.74, 6) is 0.